The number of benzene rings is 2. The number of para-hydroxylation sites is 2. The molecule has 0 aliphatic carbocycles. The zero-order valence-electron chi connectivity index (χ0n) is 16.7. The molecule has 0 saturated heterocycles. The first-order valence-electron chi connectivity index (χ1n) is 9.86. The van der Waals surface area contributed by atoms with Crippen molar-refractivity contribution < 1.29 is 9.59 Å². The molecule has 2 aromatic carbocycles. The van der Waals surface area contributed by atoms with Crippen molar-refractivity contribution in [1.82, 2.24) is 9.88 Å². The molecular weight excluding hydrogens is 473 g/mol. The van der Waals surface area contributed by atoms with Crippen LogP contribution in [0.2, 0.25) is 0 Å². The van der Waals surface area contributed by atoms with Crippen LogP contribution >= 0.6 is 11.3 Å². The molecule has 151 valence electrons. The predicted octanol–water partition coefficient (Wildman–Crippen LogP) is 4.05. The zero-order chi connectivity index (χ0) is 21.5. The Morgan fingerprint density at radius 3 is 2.65 bits per heavy atom. The molecule has 31 heavy (non-hydrogen) atoms. The first-order valence-corrected chi connectivity index (χ1v) is 11.5. The number of hydrogen-bond acceptors (Lipinski definition) is 3. The second-order valence-electron chi connectivity index (χ2n) is 8.28. The number of nitrogens with zero attached hydrogens (tertiary/aromatic N) is 2. The van der Waals surface area contributed by atoms with E-state index in [1.54, 1.807) is 17.4 Å². The number of nitrogens with one attached hydrogen (secondary N) is 1. The van der Waals surface area contributed by atoms with Crippen molar-refractivity contribution >= 4 is 71.8 Å². The van der Waals surface area contributed by atoms with E-state index in [0.717, 1.165) is 15.4 Å². The molecular formula is C24H16N3O2SSe. The van der Waals surface area contributed by atoms with Gasteiger partial charge in [-0.3, -0.25) is 0 Å². The molecule has 0 saturated carbocycles. The number of rotatable bonds is 1. The van der Waals surface area contributed by atoms with Crippen molar-refractivity contribution in [2.24, 2.45) is 4.99 Å². The van der Waals surface area contributed by atoms with Gasteiger partial charge in [0.25, 0.3) is 0 Å². The number of amidine groups is 1. The van der Waals surface area contributed by atoms with Crippen LogP contribution in [0.25, 0.3) is 32.9 Å². The van der Waals surface area contributed by atoms with Crippen LogP contribution in [0, 0.1) is 0 Å². The van der Waals surface area contributed by atoms with Crippen molar-refractivity contribution in [3.05, 3.63) is 70.1 Å². The maximum atomic E-state index is 12.4. The summed E-state index contributed by atoms with van der Waals surface area (Å²) in [6, 6.07) is 17.0. The van der Waals surface area contributed by atoms with Crippen LogP contribution in [0.15, 0.2) is 59.1 Å². The van der Waals surface area contributed by atoms with Gasteiger partial charge in [0.05, 0.1) is 0 Å². The van der Waals surface area contributed by atoms with Gasteiger partial charge in [-0.2, -0.15) is 0 Å². The quantitative estimate of drug-likeness (QED) is 0.249. The van der Waals surface area contributed by atoms with Gasteiger partial charge in [-0.1, -0.05) is 6.07 Å². The molecule has 4 aromatic rings. The number of aromatic nitrogens is 1. The van der Waals surface area contributed by atoms with Gasteiger partial charge in [0.2, 0.25) is 0 Å². The molecule has 1 radical (unpaired) electrons. The molecule has 5 nitrogen and oxygen atoms in total. The Kier molecular flexibility index (Phi) is 3.79. The maximum absolute atomic E-state index is 12.4. The van der Waals surface area contributed by atoms with Crippen molar-refractivity contribution in [1.29, 1.82) is 0 Å². The van der Waals surface area contributed by atoms with E-state index in [0.29, 0.717) is 0 Å². The van der Waals surface area contributed by atoms with Crippen LogP contribution < -0.4 is 5.32 Å². The number of carbonyl (C=O) groups is 2. The Morgan fingerprint density at radius 1 is 1.06 bits per heavy atom. The van der Waals surface area contributed by atoms with Gasteiger partial charge in [-0.25, -0.2) is 0 Å². The minimum absolute atomic E-state index is 0.0513. The number of hydrogen-bond donors (Lipinski definition) is 1. The fourth-order valence-corrected chi connectivity index (χ4v) is 6.33. The van der Waals surface area contributed by atoms with Crippen molar-refractivity contribution in [2.75, 3.05) is 0 Å². The Balaban J connectivity index is 1.65. The summed E-state index contributed by atoms with van der Waals surface area (Å²) in [5, 5.41) is 6.16. The molecule has 0 bridgehead atoms. The summed E-state index contributed by atoms with van der Waals surface area (Å²) >= 11 is 4.17. The fourth-order valence-electron chi connectivity index (χ4n) is 4.68. The standard InChI is InChI=1S/C24H16N3O2SSe/c1-24(2)16-8-5-7-14-13-6-3-4-9-18(13)27(19(14)16)22-17(24)11-12(30-22)10-15-20(28)25-23(31)26-21(15)29/h3-11H,1-2H3,(H,25,26,28,29). The van der Waals surface area contributed by atoms with Gasteiger partial charge in [0.1, 0.15) is 0 Å². The molecule has 2 amide bonds. The molecule has 1 N–H and O–H groups in total. The third kappa shape index (κ3) is 2.51. The third-order valence-electron chi connectivity index (χ3n) is 6.16. The Morgan fingerprint density at radius 2 is 1.84 bits per heavy atom. The van der Waals surface area contributed by atoms with Crippen LogP contribution in [0.3, 0.4) is 0 Å². The monoisotopic (exact) mass is 490 g/mol. The molecule has 6 rings (SSSR count). The minimum atomic E-state index is -0.528. The van der Waals surface area contributed by atoms with Gasteiger partial charge in [0.15, 0.2) is 0 Å². The van der Waals surface area contributed by atoms with Gasteiger partial charge >= 0.3 is 185 Å². The van der Waals surface area contributed by atoms with E-state index in [4.69, 9.17) is 0 Å². The van der Waals surface area contributed by atoms with Crippen LogP contribution in [0.5, 0.6) is 0 Å². The topological polar surface area (TPSA) is 63.5 Å². The normalized spacial score (nSPS) is 18.4. The van der Waals surface area contributed by atoms with E-state index >= 15 is 0 Å². The van der Waals surface area contributed by atoms with Gasteiger partial charge in [0, 0.05) is 0 Å². The molecule has 4 heterocycles. The van der Waals surface area contributed by atoms with Gasteiger partial charge in [-0.05, 0) is 0 Å². The van der Waals surface area contributed by atoms with E-state index < -0.39 is 11.8 Å². The van der Waals surface area contributed by atoms with Crippen LogP contribution in [-0.4, -0.2) is 37.1 Å². The third-order valence-corrected chi connectivity index (χ3v) is 7.63. The summed E-state index contributed by atoms with van der Waals surface area (Å²) in [6.45, 7) is 4.46. The summed E-state index contributed by atoms with van der Waals surface area (Å²) in [6.07, 6.45) is 1.65. The molecule has 7 heteroatoms. The van der Waals surface area contributed by atoms with Crippen molar-refractivity contribution in [3.8, 4) is 5.00 Å². The molecule has 0 spiro atoms. The fraction of sp³-hybridized carbons (Fsp3) is 0.125. The Labute approximate surface area is 190 Å². The van der Waals surface area contributed by atoms with E-state index in [1.165, 1.54) is 27.4 Å². The van der Waals surface area contributed by atoms with E-state index in [1.807, 2.05) is 0 Å². The first kappa shape index (κ1) is 18.8. The number of aliphatic imine (C=N–C) groups is 1. The molecule has 0 fully saturated rings. The summed E-state index contributed by atoms with van der Waals surface area (Å²) in [5.74, 6) is -0.961. The van der Waals surface area contributed by atoms with Crippen molar-refractivity contribution in [2.45, 2.75) is 19.3 Å². The van der Waals surface area contributed by atoms with E-state index in [-0.39, 0.29) is 15.7 Å². The van der Waals surface area contributed by atoms with Gasteiger partial charge < -0.3 is 0 Å². The summed E-state index contributed by atoms with van der Waals surface area (Å²) < 4.78 is 2.53. The van der Waals surface area contributed by atoms with Crippen LogP contribution in [0.1, 0.15) is 29.9 Å². The summed E-state index contributed by atoms with van der Waals surface area (Å²) in [5.41, 5.74) is 4.68. The molecule has 0 atom stereocenters. The number of fused-ring (bicyclic) bond motifs is 5. The Hall–Kier alpha value is -2.99. The second-order valence-corrected chi connectivity index (χ2v) is 10.2. The number of thiophene rings is 1. The van der Waals surface area contributed by atoms with Crippen LogP contribution in [0.4, 0.5) is 0 Å². The van der Waals surface area contributed by atoms with Gasteiger partial charge in [-0.15, -0.1) is 0 Å². The summed E-state index contributed by atoms with van der Waals surface area (Å²) in [4.78, 5) is 29.4. The summed E-state index contributed by atoms with van der Waals surface area (Å²) in [7, 11) is 0. The van der Waals surface area contributed by atoms with Crippen LogP contribution in [-0.2, 0) is 15.0 Å². The SMILES string of the molecule is CC1(C)c2cc(/C=C3/C(=O)N=C([Se])NC3=O)sc2-n2c3ccccc3c3cccc1c32. The second kappa shape index (κ2) is 6.26. The van der Waals surface area contributed by atoms with E-state index in [9.17, 15) is 9.59 Å². The Bertz CT molecular complexity index is 1540. The number of amides is 2. The van der Waals surface area contributed by atoms with E-state index in [2.05, 4.69) is 93.3 Å². The average Bonchev–Trinajstić information content (AvgIpc) is 3.29. The first-order chi connectivity index (χ1) is 14.9. The molecule has 0 unspecified atom stereocenters. The van der Waals surface area contributed by atoms with Crippen molar-refractivity contribution in [3.63, 3.8) is 0 Å². The molecule has 2 aromatic heterocycles. The zero-order valence-corrected chi connectivity index (χ0v) is 19.3. The number of carbonyl (C=O) groups excluding carboxylic acids is 2. The molecule has 2 aliphatic rings. The molecule has 2 aliphatic heterocycles. The predicted molar refractivity (Wildman–Crippen MR) is 125 cm³/mol. The average molecular weight is 489 g/mol.